The lowest BCUT2D eigenvalue weighted by molar-refractivity contribution is 0.753. The van der Waals surface area contributed by atoms with E-state index >= 15 is 0 Å². The molecule has 11 heavy (non-hydrogen) atoms. The fourth-order valence-electron chi connectivity index (χ4n) is 1.08. The smallest absolute Gasteiger partial charge is 0.141 e. The maximum atomic E-state index is 8.70. The minimum Gasteiger partial charge on any atom is -0.258 e. The van der Waals surface area contributed by atoms with Gasteiger partial charge in [-0.3, -0.25) is 4.68 Å². The van der Waals surface area contributed by atoms with E-state index in [4.69, 9.17) is 5.26 Å². The van der Waals surface area contributed by atoms with Crippen LogP contribution in [0.5, 0.6) is 0 Å². The standard InChI is InChI=1S/C8H11N3/c1-3-4-7-6-10-11(2)8(7)5-9/h6H,3-4H2,1-2H3. The summed E-state index contributed by atoms with van der Waals surface area (Å²) in [5, 5.41) is 12.7. The number of aryl methyl sites for hydroxylation is 2. The topological polar surface area (TPSA) is 41.6 Å². The highest BCUT2D eigenvalue weighted by Gasteiger charge is 2.04. The van der Waals surface area contributed by atoms with Gasteiger partial charge >= 0.3 is 0 Å². The lowest BCUT2D eigenvalue weighted by Crippen LogP contribution is -1.95. The van der Waals surface area contributed by atoms with Gasteiger partial charge in [-0.25, -0.2) is 0 Å². The van der Waals surface area contributed by atoms with Crippen LogP contribution >= 0.6 is 0 Å². The number of nitriles is 1. The van der Waals surface area contributed by atoms with Crippen molar-refractivity contribution in [3.05, 3.63) is 17.5 Å². The number of hydrogen-bond acceptors (Lipinski definition) is 2. The molecule has 3 nitrogen and oxygen atoms in total. The molecule has 1 aromatic rings. The number of aromatic nitrogens is 2. The molecule has 0 bridgehead atoms. The van der Waals surface area contributed by atoms with E-state index < -0.39 is 0 Å². The van der Waals surface area contributed by atoms with Crippen LogP contribution in [0.15, 0.2) is 6.20 Å². The third-order valence-electron chi connectivity index (χ3n) is 1.64. The van der Waals surface area contributed by atoms with E-state index in [2.05, 4.69) is 18.1 Å². The zero-order chi connectivity index (χ0) is 8.27. The van der Waals surface area contributed by atoms with Gasteiger partial charge in [0.2, 0.25) is 0 Å². The average Bonchev–Trinajstić information content (AvgIpc) is 2.33. The van der Waals surface area contributed by atoms with Gasteiger partial charge in [0.1, 0.15) is 11.8 Å². The van der Waals surface area contributed by atoms with Crippen molar-refractivity contribution in [1.29, 1.82) is 5.26 Å². The second-order valence-electron chi connectivity index (χ2n) is 2.50. The highest BCUT2D eigenvalue weighted by molar-refractivity contribution is 5.29. The Morgan fingerprint density at radius 1 is 1.73 bits per heavy atom. The van der Waals surface area contributed by atoms with Crippen molar-refractivity contribution < 1.29 is 0 Å². The summed E-state index contributed by atoms with van der Waals surface area (Å²) in [5.41, 5.74) is 1.74. The van der Waals surface area contributed by atoms with Crippen LogP contribution in [0.25, 0.3) is 0 Å². The summed E-state index contributed by atoms with van der Waals surface area (Å²) >= 11 is 0. The van der Waals surface area contributed by atoms with Gasteiger partial charge in [-0.05, 0) is 6.42 Å². The molecule has 0 aliphatic heterocycles. The molecular weight excluding hydrogens is 138 g/mol. The van der Waals surface area contributed by atoms with Crippen molar-refractivity contribution in [2.24, 2.45) is 7.05 Å². The lowest BCUT2D eigenvalue weighted by atomic mass is 10.1. The summed E-state index contributed by atoms with van der Waals surface area (Å²) in [7, 11) is 1.79. The monoisotopic (exact) mass is 149 g/mol. The van der Waals surface area contributed by atoms with Gasteiger partial charge in [0.15, 0.2) is 0 Å². The van der Waals surface area contributed by atoms with E-state index in [0.29, 0.717) is 5.69 Å². The molecule has 0 fully saturated rings. The number of hydrogen-bond donors (Lipinski definition) is 0. The third kappa shape index (κ3) is 1.40. The van der Waals surface area contributed by atoms with Crippen molar-refractivity contribution in [3.63, 3.8) is 0 Å². The largest absolute Gasteiger partial charge is 0.258 e. The molecule has 0 N–H and O–H groups in total. The van der Waals surface area contributed by atoms with Crippen molar-refractivity contribution in [2.45, 2.75) is 19.8 Å². The van der Waals surface area contributed by atoms with Gasteiger partial charge < -0.3 is 0 Å². The first-order chi connectivity index (χ1) is 5.29. The summed E-state index contributed by atoms with van der Waals surface area (Å²) < 4.78 is 1.62. The molecule has 1 rings (SSSR count). The number of nitrogens with zero attached hydrogens (tertiary/aromatic N) is 3. The molecule has 0 aliphatic carbocycles. The Bertz CT molecular complexity index is 280. The van der Waals surface area contributed by atoms with Gasteiger partial charge in [0.25, 0.3) is 0 Å². The van der Waals surface area contributed by atoms with E-state index in [1.807, 2.05) is 0 Å². The third-order valence-corrected chi connectivity index (χ3v) is 1.64. The zero-order valence-electron chi connectivity index (χ0n) is 6.83. The molecule has 1 heterocycles. The minimum absolute atomic E-state index is 0.687. The van der Waals surface area contributed by atoms with Crippen LogP contribution in [-0.2, 0) is 13.5 Å². The SMILES string of the molecule is CCCc1cnn(C)c1C#N. The average molecular weight is 149 g/mol. The summed E-state index contributed by atoms with van der Waals surface area (Å²) in [5.74, 6) is 0. The van der Waals surface area contributed by atoms with Crippen LogP contribution in [0.1, 0.15) is 24.6 Å². The number of rotatable bonds is 2. The first kappa shape index (κ1) is 7.80. The van der Waals surface area contributed by atoms with Gasteiger partial charge in [0.05, 0.1) is 6.20 Å². The second-order valence-corrected chi connectivity index (χ2v) is 2.50. The Morgan fingerprint density at radius 3 is 3.00 bits per heavy atom. The summed E-state index contributed by atoms with van der Waals surface area (Å²) in [6.07, 6.45) is 3.76. The lowest BCUT2D eigenvalue weighted by Gasteiger charge is -1.93. The predicted molar refractivity (Wildman–Crippen MR) is 41.9 cm³/mol. The molecule has 0 spiro atoms. The molecule has 58 valence electrons. The van der Waals surface area contributed by atoms with Gasteiger partial charge in [-0.15, -0.1) is 0 Å². The fourth-order valence-corrected chi connectivity index (χ4v) is 1.08. The van der Waals surface area contributed by atoms with Crippen LogP contribution in [0.3, 0.4) is 0 Å². The fraction of sp³-hybridized carbons (Fsp3) is 0.500. The minimum atomic E-state index is 0.687. The Hall–Kier alpha value is -1.30. The molecule has 0 saturated carbocycles. The second kappa shape index (κ2) is 3.20. The maximum absolute atomic E-state index is 8.70. The quantitative estimate of drug-likeness (QED) is 0.635. The van der Waals surface area contributed by atoms with Gasteiger partial charge in [-0.2, -0.15) is 10.4 Å². The Kier molecular flexibility index (Phi) is 2.27. The first-order valence-corrected chi connectivity index (χ1v) is 3.70. The molecule has 0 unspecified atom stereocenters. The van der Waals surface area contributed by atoms with Crippen molar-refractivity contribution in [1.82, 2.24) is 9.78 Å². The predicted octanol–water partition coefficient (Wildman–Crippen LogP) is 1.24. The Morgan fingerprint density at radius 2 is 2.45 bits per heavy atom. The normalized spacial score (nSPS) is 9.55. The van der Waals surface area contributed by atoms with Crippen molar-refractivity contribution in [3.8, 4) is 6.07 Å². The molecule has 0 atom stereocenters. The van der Waals surface area contributed by atoms with E-state index in [9.17, 15) is 0 Å². The summed E-state index contributed by atoms with van der Waals surface area (Å²) in [4.78, 5) is 0. The van der Waals surface area contributed by atoms with E-state index in [1.165, 1.54) is 0 Å². The van der Waals surface area contributed by atoms with Gasteiger partial charge in [0, 0.05) is 12.6 Å². The first-order valence-electron chi connectivity index (χ1n) is 3.70. The maximum Gasteiger partial charge on any atom is 0.141 e. The zero-order valence-corrected chi connectivity index (χ0v) is 6.83. The van der Waals surface area contributed by atoms with Crippen molar-refractivity contribution >= 4 is 0 Å². The van der Waals surface area contributed by atoms with Gasteiger partial charge in [-0.1, -0.05) is 13.3 Å². The van der Waals surface area contributed by atoms with Crippen LogP contribution in [0.4, 0.5) is 0 Å². The molecular formula is C8H11N3. The molecule has 0 aliphatic rings. The molecule has 0 radical (unpaired) electrons. The van der Waals surface area contributed by atoms with E-state index in [0.717, 1.165) is 18.4 Å². The highest BCUT2D eigenvalue weighted by atomic mass is 15.3. The molecule has 0 aromatic carbocycles. The molecule has 0 saturated heterocycles. The van der Waals surface area contributed by atoms with Crippen LogP contribution in [0, 0.1) is 11.3 Å². The Balaban J connectivity index is 2.98. The van der Waals surface area contributed by atoms with E-state index in [-0.39, 0.29) is 0 Å². The Labute approximate surface area is 66.3 Å². The van der Waals surface area contributed by atoms with E-state index in [1.54, 1.807) is 17.9 Å². The summed E-state index contributed by atoms with van der Waals surface area (Å²) in [6, 6.07) is 2.13. The molecule has 1 aromatic heterocycles. The van der Waals surface area contributed by atoms with Crippen LogP contribution < -0.4 is 0 Å². The van der Waals surface area contributed by atoms with Crippen molar-refractivity contribution in [2.75, 3.05) is 0 Å². The van der Waals surface area contributed by atoms with Crippen LogP contribution in [0.2, 0.25) is 0 Å². The molecule has 3 heteroatoms. The highest BCUT2D eigenvalue weighted by Crippen LogP contribution is 2.07. The summed E-state index contributed by atoms with van der Waals surface area (Å²) in [6.45, 7) is 2.09. The van der Waals surface area contributed by atoms with Crippen LogP contribution in [-0.4, -0.2) is 9.78 Å². The molecule has 0 amide bonds.